The van der Waals surface area contributed by atoms with Crippen molar-refractivity contribution in [1.29, 1.82) is 0 Å². The van der Waals surface area contributed by atoms with Gasteiger partial charge in [-0.25, -0.2) is 4.39 Å². The molecule has 0 unspecified atom stereocenters. The van der Waals surface area contributed by atoms with Crippen LogP contribution in [-0.4, -0.2) is 45.8 Å². The van der Waals surface area contributed by atoms with Crippen molar-refractivity contribution in [2.75, 3.05) is 26.7 Å². The molecule has 0 radical (unpaired) electrons. The number of aromatic amines is 1. The van der Waals surface area contributed by atoms with E-state index < -0.39 is 0 Å². The van der Waals surface area contributed by atoms with Crippen LogP contribution >= 0.6 is 35.8 Å². The normalized spacial score (nSPS) is 10.9. The van der Waals surface area contributed by atoms with Crippen LogP contribution < -0.4 is 10.3 Å². The fourth-order valence-electron chi connectivity index (χ4n) is 3.46. The second kappa shape index (κ2) is 11.7. The number of fused-ring (bicyclic) bond motifs is 1. The quantitative estimate of drug-likeness (QED) is 0.312. The van der Waals surface area contributed by atoms with Gasteiger partial charge in [-0.05, 0) is 80.5 Å². The largest absolute Gasteiger partial charge is 0.497 e. The molecule has 0 saturated carbocycles. The van der Waals surface area contributed by atoms with Crippen molar-refractivity contribution in [2.24, 2.45) is 0 Å². The van der Waals surface area contributed by atoms with Gasteiger partial charge in [-0.3, -0.25) is 13.9 Å². The molecule has 34 heavy (non-hydrogen) atoms. The van der Waals surface area contributed by atoms with Crippen molar-refractivity contribution in [3.8, 4) is 17.1 Å². The predicted molar refractivity (Wildman–Crippen MR) is 143 cm³/mol. The standard InChI is InChI=1S/C18H12FN3O2S3.C6H15N/c1-24-13-4-2-3-12(9-13)21-15-14(27-18(21)26)16(23)22(17(25)20-15)11-7-5-10(19)6-8-11;1-4-7(5-2)6-3/h2-9H,1H3,(H,20,25);4-6H2,1-3H3. The van der Waals surface area contributed by atoms with Crippen molar-refractivity contribution in [1.82, 2.24) is 19.0 Å². The van der Waals surface area contributed by atoms with Crippen molar-refractivity contribution in [2.45, 2.75) is 20.8 Å². The van der Waals surface area contributed by atoms with Gasteiger partial charge in [0.05, 0.1) is 18.5 Å². The Kier molecular flexibility index (Phi) is 8.90. The molecule has 0 aliphatic rings. The second-order valence-corrected chi connectivity index (χ2v) is 9.28. The molecule has 0 amide bonds. The maximum atomic E-state index is 13.2. The van der Waals surface area contributed by atoms with E-state index >= 15 is 0 Å². The van der Waals surface area contributed by atoms with E-state index in [0.29, 0.717) is 25.7 Å². The number of nitrogens with zero attached hydrogens (tertiary/aromatic N) is 3. The average Bonchev–Trinajstić information content (AvgIpc) is 3.17. The maximum Gasteiger partial charge on any atom is 0.278 e. The SMILES string of the molecule is CCN(CC)CC.COc1cccc(-n2c(=S)sc3c(=O)n(-c4ccc(F)cc4)c(=S)[nH]c32)c1. The minimum atomic E-state index is -0.386. The fourth-order valence-corrected chi connectivity index (χ4v) is 5.07. The number of rotatable bonds is 6. The Labute approximate surface area is 211 Å². The van der Waals surface area contributed by atoms with E-state index in [0.717, 1.165) is 5.69 Å². The highest BCUT2D eigenvalue weighted by atomic mass is 32.1. The molecule has 4 rings (SSSR count). The molecule has 0 bridgehead atoms. The Morgan fingerprint density at radius 2 is 1.65 bits per heavy atom. The Morgan fingerprint density at radius 3 is 2.21 bits per heavy atom. The molecule has 0 saturated heterocycles. The van der Waals surface area contributed by atoms with Crippen LogP contribution in [0.3, 0.4) is 0 Å². The molecule has 2 heterocycles. The lowest BCUT2D eigenvalue weighted by Gasteiger charge is -2.13. The topological polar surface area (TPSA) is 55.2 Å². The number of hydrogen-bond acceptors (Lipinski definition) is 6. The van der Waals surface area contributed by atoms with Gasteiger partial charge in [-0.2, -0.15) is 0 Å². The molecule has 1 N–H and O–H groups in total. The Morgan fingerprint density at radius 1 is 1.00 bits per heavy atom. The molecule has 0 aliphatic heterocycles. The number of H-pyrrole nitrogens is 1. The predicted octanol–water partition coefficient (Wildman–Crippen LogP) is 6.13. The maximum absolute atomic E-state index is 13.2. The van der Waals surface area contributed by atoms with Crippen LogP contribution in [0.2, 0.25) is 0 Å². The number of nitrogens with one attached hydrogen (secondary N) is 1. The Hall–Kier alpha value is -2.66. The lowest BCUT2D eigenvalue weighted by atomic mass is 10.3. The molecule has 180 valence electrons. The van der Waals surface area contributed by atoms with Crippen LogP contribution in [0.1, 0.15) is 20.8 Å². The molecule has 0 aliphatic carbocycles. The smallest absolute Gasteiger partial charge is 0.278 e. The van der Waals surface area contributed by atoms with Crippen LogP contribution in [-0.2, 0) is 0 Å². The van der Waals surface area contributed by atoms with Gasteiger partial charge in [-0.1, -0.05) is 38.2 Å². The number of thiazole rings is 1. The van der Waals surface area contributed by atoms with E-state index in [2.05, 4.69) is 30.7 Å². The first-order valence-corrected chi connectivity index (χ1v) is 12.5. The zero-order valence-corrected chi connectivity index (χ0v) is 22.0. The number of halogens is 1. The van der Waals surface area contributed by atoms with E-state index in [4.69, 9.17) is 29.2 Å². The van der Waals surface area contributed by atoms with Gasteiger partial charge in [0.25, 0.3) is 5.56 Å². The average molecular weight is 519 g/mol. The molecule has 10 heteroatoms. The number of hydrogen-bond donors (Lipinski definition) is 1. The number of ether oxygens (including phenoxy) is 1. The first-order valence-electron chi connectivity index (χ1n) is 10.9. The van der Waals surface area contributed by atoms with Crippen LogP contribution in [0.4, 0.5) is 4.39 Å². The van der Waals surface area contributed by atoms with Gasteiger partial charge in [0, 0.05) is 6.07 Å². The molecule has 2 aromatic heterocycles. The summed E-state index contributed by atoms with van der Waals surface area (Å²) in [5.41, 5.74) is 1.46. The van der Waals surface area contributed by atoms with E-state index in [-0.39, 0.29) is 16.1 Å². The van der Waals surface area contributed by atoms with Gasteiger partial charge in [-0.15, -0.1) is 0 Å². The summed E-state index contributed by atoms with van der Waals surface area (Å²) in [6.07, 6.45) is 0. The fraction of sp³-hybridized carbons (Fsp3) is 0.292. The van der Waals surface area contributed by atoms with Crippen molar-refractivity contribution in [3.63, 3.8) is 0 Å². The Bertz CT molecular complexity index is 1430. The van der Waals surface area contributed by atoms with Gasteiger partial charge in [0.1, 0.15) is 21.9 Å². The van der Waals surface area contributed by atoms with E-state index in [9.17, 15) is 9.18 Å². The second-order valence-electron chi connectivity index (χ2n) is 7.25. The van der Waals surface area contributed by atoms with Crippen LogP contribution in [0, 0.1) is 14.5 Å². The molecule has 4 aromatic rings. The highest BCUT2D eigenvalue weighted by molar-refractivity contribution is 7.73. The van der Waals surface area contributed by atoms with E-state index in [1.54, 1.807) is 11.7 Å². The van der Waals surface area contributed by atoms with Crippen molar-refractivity contribution < 1.29 is 9.13 Å². The third kappa shape index (κ3) is 5.52. The molecule has 0 atom stereocenters. The zero-order valence-electron chi connectivity index (χ0n) is 19.5. The summed E-state index contributed by atoms with van der Waals surface area (Å²) in [5.74, 6) is 0.287. The van der Waals surface area contributed by atoms with E-state index in [1.807, 2.05) is 24.3 Å². The molecule has 2 aromatic carbocycles. The minimum absolute atomic E-state index is 0.198. The molecule has 0 spiro atoms. The zero-order chi connectivity index (χ0) is 24.8. The summed E-state index contributed by atoms with van der Waals surface area (Å²) in [7, 11) is 1.58. The lowest BCUT2D eigenvalue weighted by molar-refractivity contribution is 0.321. The summed E-state index contributed by atoms with van der Waals surface area (Å²) < 4.78 is 22.7. The van der Waals surface area contributed by atoms with Gasteiger partial charge in [0.15, 0.2) is 8.73 Å². The van der Waals surface area contributed by atoms with E-state index in [1.165, 1.54) is 59.8 Å². The van der Waals surface area contributed by atoms with Crippen LogP contribution in [0.15, 0.2) is 53.3 Å². The van der Waals surface area contributed by atoms with Gasteiger partial charge in [0.2, 0.25) is 0 Å². The first kappa shape index (κ1) is 26.0. The Balaban J connectivity index is 0.000000406. The highest BCUT2D eigenvalue weighted by Crippen LogP contribution is 2.25. The molecule has 6 nitrogen and oxygen atoms in total. The lowest BCUT2D eigenvalue weighted by Crippen LogP contribution is -2.21. The highest BCUT2D eigenvalue weighted by Gasteiger charge is 2.15. The summed E-state index contributed by atoms with van der Waals surface area (Å²) in [4.78, 5) is 18.5. The monoisotopic (exact) mass is 518 g/mol. The number of benzene rings is 2. The molecular weight excluding hydrogens is 491 g/mol. The molecular formula is C24H27FN4O2S3. The summed E-state index contributed by atoms with van der Waals surface area (Å²) in [6.45, 7) is 10.1. The minimum Gasteiger partial charge on any atom is -0.497 e. The van der Waals surface area contributed by atoms with Crippen LogP contribution in [0.5, 0.6) is 5.75 Å². The van der Waals surface area contributed by atoms with Crippen molar-refractivity contribution in [3.05, 3.63) is 73.4 Å². The van der Waals surface area contributed by atoms with Crippen molar-refractivity contribution >= 4 is 46.1 Å². The summed E-state index contributed by atoms with van der Waals surface area (Å²) >= 11 is 12.1. The number of methoxy groups -OCH3 is 1. The van der Waals surface area contributed by atoms with Gasteiger partial charge < -0.3 is 14.6 Å². The summed E-state index contributed by atoms with van der Waals surface area (Å²) in [6, 6.07) is 12.9. The first-order chi connectivity index (χ1) is 16.3. The third-order valence-electron chi connectivity index (χ3n) is 5.37. The summed E-state index contributed by atoms with van der Waals surface area (Å²) in [5, 5.41) is 0. The third-order valence-corrected chi connectivity index (χ3v) is 7.02. The number of aromatic nitrogens is 3. The van der Waals surface area contributed by atoms with Crippen LogP contribution in [0.25, 0.3) is 21.7 Å². The van der Waals surface area contributed by atoms with Gasteiger partial charge >= 0.3 is 0 Å². The molecule has 0 fully saturated rings.